The van der Waals surface area contributed by atoms with Crippen molar-refractivity contribution in [3.8, 4) is 0 Å². The molecule has 0 saturated heterocycles. The fraction of sp³-hybridized carbons (Fsp3) is 0.579. The molecule has 1 aromatic carbocycles. The molecule has 3 rings (SSSR count). The Bertz CT molecular complexity index is 445. The normalized spacial score (nSPS) is 34.6. The molecule has 0 nitrogen and oxygen atoms in total. The smallest absolute Gasteiger partial charge is 0.0156 e. The van der Waals surface area contributed by atoms with Gasteiger partial charge in [0.1, 0.15) is 0 Å². The van der Waals surface area contributed by atoms with Crippen molar-refractivity contribution in [2.75, 3.05) is 0 Å². The van der Waals surface area contributed by atoms with E-state index in [2.05, 4.69) is 43.8 Å². The summed E-state index contributed by atoms with van der Waals surface area (Å²) in [5.41, 5.74) is 3.11. The molecule has 2 aliphatic carbocycles. The second-order valence-corrected chi connectivity index (χ2v) is 6.70. The van der Waals surface area contributed by atoms with Crippen molar-refractivity contribution in [1.82, 2.24) is 0 Å². The van der Waals surface area contributed by atoms with Crippen LogP contribution >= 0.6 is 0 Å². The second-order valence-electron chi connectivity index (χ2n) is 6.70. The molecule has 0 radical (unpaired) electrons. The summed E-state index contributed by atoms with van der Waals surface area (Å²) in [5.74, 6) is 3.59. The predicted octanol–water partition coefficient (Wildman–Crippen LogP) is 5.48. The third kappa shape index (κ3) is 2.63. The lowest BCUT2D eigenvalue weighted by molar-refractivity contribution is 0.133. The minimum absolute atomic E-state index is 0.802. The molecule has 0 heteroatoms. The average Bonchev–Trinajstić information content (AvgIpc) is 2.46. The molecule has 102 valence electrons. The highest BCUT2D eigenvalue weighted by atomic mass is 14.4. The summed E-state index contributed by atoms with van der Waals surface area (Å²) in [6.45, 7) is 6.27. The van der Waals surface area contributed by atoms with Crippen molar-refractivity contribution in [2.45, 2.75) is 51.4 Å². The summed E-state index contributed by atoms with van der Waals surface area (Å²) in [6, 6.07) is 9.01. The Balaban J connectivity index is 1.70. The molecule has 19 heavy (non-hydrogen) atoms. The number of allylic oxidation sites excluding steroid dienone is 1. The molecular formula is C19H26. The van der Waals surface area contributed by atoms with Crippen LogP contribution in [-0.2, 0) is 0 Å². The van der Waals surface area contributed by atoms with Gasteiger partial charge in [0, 0.05) is 0 Å². The van der Waals surface area contributed by atoms with Gasteiger partial charge in [-0.2, -0.15) is 0 Å². The quantitative estimate of drug-likeness (QED) is 0.613. The molecule has 2 fully saturated rings. The molecule has 1 aromatic rings. The van der Waals surface area contributed by atoms with Gasteiger partial charge < -0.3 is 0 Å². The highest BCUT2D eigenvalue weighted by Crippen LogP contribution is 2.48. The topological polar surface area (TPSA) is 0 Å². The van der Waals surface area contributed by atoms with Crippen molar-refractivity contribution in [3.63, 3.8) is 0 Å². The molecule has 2 aliphatic rings. The van der Waals surface area contributed by atoms with Crippen LogP contribution in [0.5, 0.6) is 0 Å². The summed E-state index contributed by atoms with van der Waals surface area (Å²) in [5, 5.41) is 0. The average molecular weight is 254 g/mol. The van der Waals surface area contributed by atoms with E-state index in [-0.39, 0.29) is 0 Å². The third-order valence-corrected chi connectivity index (χ3v) is 5.62. The highest BCUT2D eigenvalue weighted by Gasteiger charge is 2.35. The van der Waals surface area contributed by atoms with E-state index in [4.69, 9.17) is 0 Å². The van der Waals surface area contributed by atoms with Crippen LogP contribution in [0, 0.1) is 24.7 Å². The van der Waals surface area contributed by atoms with Crippen LogP contribution in [-0.4, -0.2) is 0 Å². The van der Waals surface area contributed by atoms with Crippen LogP contribution in [0.4, 0.5) is 0 Å². The Morgan fingerprint density at radius 3 is 2.53 bits per heavy atom. The van der Waals surface area contributed by atoms with E-state index >= 15 is 0 Å². The van der Waals surface area contributed by atoms with Gasteiger partial charge in [-0.1, -0.05) is 30.3 Å². The number of hydrogen-bond donors (Lipinski definition) is 0. The van der Waals surface area contributed by atoms with Crippen LogP contribution in [0.2, 0.25) is 0 Å². The molecule has 2 saturated carbocycles. The summed E-state index contributed by atoms with van der Waals surface area (Å²) < 4.78 is 0. The molecule has 4 unspecified atom stereocenters. The number of rotatable bonds is 2. The molecule has 0 aliphatic heterocycles. The highest BCUT2D eigenvalue weighted by molar-refractivity contribution is 5.29. The van der Waals surface area contributed by atoms with E-state index in [0.29, 0.717) is 0 Å². The first-order valence-corrected chi connectivity index (χ1v) is 7.96. The van der Waals surface area contributed by atoms with Crippen LogP contribution in [0.3, 0.4) is 0 Å². The molecule has 0 aromatic heterocycles. The maximum atomic E-state index is 4.00. The zero-order valence-corrected chi connectivity index (χ0v) is 12.1. The number of aryl methyl sites for hydroxylation is 1. The maximum absolute atomic E-state index is 4.00. The summed E-state index contributed by atoms with van der Waals surface area (Å²) in [6.07, 6.45) is 10.7. The van der Waals surface area contributed by atoms with E-state index in [1.54, 1.807) is 5.56 Å². The van der Waals surface area contributed by atoms with Gasteiger partial charge in [-0.05, 0) is 80.2 Å². The lowest BCUT2D eigenvalue weighted by Gasteiger charge is -2.42. The SMILES string of the molecule is C=CC1CCC2CC(c3ccccc3C)CCC2C1. The van der Waals surface area contributed by atoms with Crippen molar-refractivity contribution >= 4 is 0 Å². The zero-order valence-electron chi connectivity index (χ0n) is 12.1. The van der Waals surface area contributed by atoms with E-state index in [1.165, 1.54) is 44.1 Å². The molecule has 4 atom stereocenters. The molecule has 0 heterocycles. The van der Waals surface area contributed by atoms with Crippen molar-refractivity contribution in [2.24, 2.45) is 17.8 Å². The number of hydrogen-bond acceptors (Lipinski definition) is 0. The minimum atomic E-state index is 0.802. The van der Waals surface area contributed by atoms with Crippen molar-refractivity contribution < 1.29 is 0 Å². The Morgan fingerprint density at radius 2 is 1.74 bits per heavy atom. The van der Waals surface area contributed by atoms with Gasteiger partial charge in [-0.3, -0.25) is 0 Å². The van der Waals surface area contributed by atoms with Crippen molar-refractivity contribution in [1.29, 1.82) is 0 Å². The Kier molecular flexibility index (Phi) is 3.77. The van der Waals surface area contributed by atoms with Crippen LogP contribution in [0.25, 0.3) is 0 Å². The van der Waals surface area contributed by atoms with Gasteiger partial charge in [0.15, 0.2) is 0 Å². The lowest BCUT2D eigenvalue weighted by atomic mass is 9.63. The lowest BCUT2D eigenvalue weighted by Crippen LogP contribution is -2.30. The molecule has 0 N–H and O–H groups in total. The monoisotopic (exact) mass is 254 g/mol. The maximum Gasteiger partial charge on any atom is -0.0156 e. The predicted molar refractivity (Wildman–Crippen MR) is 82.3 cm³/mol. The van der Waals surface area contributed by atoms with Gasteiger partial charge in [0.2, 0.25) is 0 Å². The van der Waals surface area contributed by atoms with E-state index in [9.17, 15) is 0 Å². The first-order valence-electron chi connectivity index (χ1n) is 7.96. The molecule has 0 spiro atoms. The first-order chi connectivity index (χ1) is 9.28. The minimum Gasteiger partial charge on any atom is -0.103 e. The zero-order chi connectivity index (χ0) is 13.2. The summed E-state index contributed by atoms with van der Waals surface area (Å²) in [7, 11) is 0. The Hall–Kier alpha value is -1.04. The molecule has 0 amide bonds. The Labute approximate surface area is 117 Å². The van der Waals surface area contributed by atoms with Gasteiger partial charge in [-0.15, -0.1) is 6.58 Å². The molecular weight excluding hydrogens is 228 g/mol. The fourth-order valence-electron chi connectivity index (χ4n) is 4.47. The molecule has 0 bridgehead atoms. The Morgan fingerprint density at radius 1 is 1.00 bits per heavy atom. The van der Waals surface area contributed by atoms with Gasteiger partial charge in [0.05, 0.1) is 0 Å². The standard InChI is InChI=1S/C19H26/c1-3-15-8-9-17-13-18(11-10-16(17)12-15)19-7-5-4-6-14(19)2/h3-7,15-18H,1,8-13H2,2H3. The van der Waals surface area contributed by atoms with Gasteiger partial charge in [-0.25, -0.2) is 0 Å². The van der Waals surface area contributed by atoms with Crippen LogP contribution in [0.15, 0.2) is 36.9 Å². The summed E-state index contributed by atoms with van der Waals surface area (Å²) in [4.78, 5) is 0. The van der Waals surface area contributed by atoms with Gasteiger partial charge >= 0.3 is 0 Å². The third-order valence-electron chi connectivity index (χ3n) is 5.62. The number of benzene rings is 1. The van der Waals surface area contributed by atoms with E-state index < -0.39 is 0 Å². The van der Waals surface area contributed by atoms with Crippen molar-refractivity contribution in [3.05, 3.63) is 48.0 Å². The van der Waals surface area contributed by atoms with Gasteiger partial charge in [0.25, 0.3) is 0 Å². The van der Waals surface area contributed by atoms with Crippen LogP contribution in [0.1, 0.15) is 55.6 Å². The van der Waals surface area contributed by atoms with Crippen LogP contribution < -0.4 is 0 Å². The first kappa shape index (κ1) is 13.0. The largest absolute Gasteiger partial charge is 0.103 e. The van der Waals surface area contributed by atoms with E-state index in [0.717, 1.165) is 23.7 Å². The second kappa shape index (κ2) is 5.53. The summed E-state index contributed by atoms with van der Waals surface area (Å²) >= 11 is 0. The number of fused-ring (bicyclic) bond motifs is 1. The fourth-order valence-corrected chi connectivity index (χ4v) is 4.47. The van der Waals surface area contributed by atoms with E-state index in [1.807, 2.05) is 0 Å².